The van der Waals surface area contributed by atoms with Gasteiger partial charge in [-0.15, -0.1) is 0 Å². The molecule has 35 heavy (non-hydrogen) atoms. The minimum atomic E-state index is -0.486. The van der Waals surface area contributed by atoms with Gasteiger partial charge < -0.3 is 14.4 Å². The van der Waals surface area contributed by atoms with Crippen molar-refractivity contribution in [2.75, 3.05) is 38.3 Å². The van der Waals surface area contributed by atoms with Crippen LogP contribution in [-0.4, -0.2) is 62.1 Å². The van der Waals surface area contributed by atoms with Crippen molar-refractivity contribution in [2.45, 2.75) is 58.5 Å². The molecule has 0 aromatic heterocycles. The van der Waals surface area contributed by atoms with Crippen molar-refractivity contribution < 1.29 is 23.9 Å². The lowest BCUT2D eigenvalue weighted by Crippen LogP contribution is -2.59. The molecule has 0 radical (unpaired) electrons. The SMILES string of the molecule is CCN1C[C@@]23CCC[C@@](COC(=O)c4ccccc4N4C(=O)C[C@H](C)C4=O)(C1)C2=CC(OC)CC3. The van der Waals surface area contributed by atoms with Crippen LogP contribution in [0.25, 0.3) is 0 Å². The number of likely N-dealkylation sites (tertiary alicyclic amines) is 1. The maximum absolute atomic E-state index is 13.4. The third-order valence-electron chi connectivity index (χ3n) is 8.73. The van der Waals surface area contributed by atoms with E-state index in [0.717, 1.165) is 50.2 Å². The smallest absolute Gasteiger partial charge is 0.340 e. The third kappa shape index (κ3) is 4.02. The number of piperidine rings is 1. The number of ether oxygens (including phenoxy) is 2. The van der Waals surface area contributed by atoms with Crippen LogP contribution in [0.3, 0.4) is 0 Å². The number of carbonyl (C=O) groups is 3. The second-order valence-corrected chi connectivity index (χ2v) is 10.9. The number of rotatable bonds is 6. The second kappa shape index (κ2) is 9.17. The Kier molecular flexibility index (Phi) is 6.34. The standard InChI is InChI=1S/C28H36N2O5/c1-4-29-16-27-11-7-12-28(17-29,23(27)15-20(34-3)10-13-27)18-35-26(33)21-8-5-6-9-22(21)30-24(31)14-19(2)25(30)32/h5-6,8-9,15,19-20H,4,7,10-14,16-18H2,1-3H3/t19-,20?,27-,28-/m0/s1. The zero-order valence-electron chi connectivity index (χ0n) is 21.0. The lowest BCUT2D eigenvalue weighted by Gasteiger charge is -2.59. The molecule has 1 unspecified atom stereocenters. The minimum Gasteiger partial charge on any atom is -0.461 e. The van der Waals surface area contributed by atoms with E-state index in [2.05, 4.69) is 17.9 Å². The molecule has 188 valence electrons. The molecule has 2 heterocycles. The average Bonchev–Trinajstić information content (AvgIpc) is 3.12. The fraction of sp³-hybridized carbons (Fsp3) is 0.607. The first kappa shape index (κ1) is 24.2. The molecular formula is C28H36N2O5. The van der Waals surface area contributed by atoms with E-state index >= 15 is 0 Å². The monoisotopic (exact) mass is 480 g/mol. The fourth-order valence-electron chi connectivity index (χ4n) is 6.98. The van der Waals surface area contributed by atoms with Gasteiger partial charge in [-0.3, -0.25) is 9.59 Å². The number of para-hydroxylation sites is 1. The van der Waals surface area contributed by atoms with Gasteiger partial charge in [-0.1, -0.05) is 44.1 Å². The summed E-state index contributed by atoms with van der Waals surface area (Å²) in [4.78, 5) is 42.3. The average molecular weight is 481 g/mol. The Morgan fingerprint density at radius 1 is 1.14 bits per heavy atom. The number of benzene rings is 1. The maximum atomic E-state index is 13.4. The Morgan fingerprint density at radius 3 is 2.66 bits per heavy atom. The zero-order valence-corrected chi connectivity index (χ0v) is 21.0. The second-order valence-electron chi connectivity index (χ2n) is 10.9. The summed E-state index contributed by atoms with van der Waals surface area (Å²) in [5.74, 6) is -1.41. The summed E-state index contributed by atoms with van der Waals surface area (Å²) in [7, 11) is 1.77. The van der Waals surface area contributed by atoms with Gasteiger partial charge in [-0.25, -0.2) is 9.69 Å². The van der Waals surface area contributed by atoms with Crippen LogP contribution in [0.4, 0.5) is 5.69 Å². The molecule has 0 spiro atoms. The number of esters is 1. The molecule has 2 aliphatic carbocycles. The van der Waals surface area contributed by atoms with Crippen molar-refractivity contribution in [1.29, 1.82) is 0 Å². The van der Waals surface area contributed by atoms with Gasteiger partial charge in [-0.2, -0.15) is 0 Å². The molecule has 7 heteroatoms. The van der Waals surface area contributed by atoms with E-state index < -0.39 is 5.97 Å². The van der Waals surface area contributed by atoms with Crippen molar-refractivity contribution in [3.63, 3.8) is 0 Å². The first-order valence-electron chi connectivity index (χ1n) is 12.9. The van der Waals surface area contributed by atoms with Gasteiger partial charge in [0.25, 0.3) is 0 Å². The van der Waals surface area contributed by atoms with Crippen LogP contribution in [0.2, 0.25) is 0 Å². The van der Waals surface area contributed by atoms with Crippen LogP contribution >= 0.6 is 0 Å². The lowest BCUT2D eigenvalue weighted by molar-refractivity contribution is -0.122. The summed E-state index contributed by atoms with van der Waals surface area (Å²) < 4.78 is 11.8. The van der Waals surface area contributed by atoms with Crippen molar-refractivity contribution in [3.05, 3.63) is 41.5 Å². The molecule has 2 saturated heterocycles. The highest BCUT2D eigenvalue weighted by Gasteiger charge is 2.56. The first-order valence-corrected chi connectivity index (χ1v) is 12.9. The number of nitrogens with zero attached hydrogens (tertiary/aromatic N) is 2. The van der Waals surface area contributed by atoms with E-state index in [9.17, 15) is 14.4 Å². The lowest BCUT2D eigenvalue weighted by atomic mass is 9.52. The molecule has 7 nitrogen and oxygen atoms in total. The Labute approximate surface area is 207 Å². The van der Waals surface area contributed by atoms with E-state index in [4.69, 9.17) is 9.47 Å². The largest absolute Gasteiger partial charge is 0.461 e. The van der Waals surface area contributed by atoms with Crippen LogP contribution in [0, 0.1) is 16.7 Å². The van der Waals surface area contributed by atoms with Gasteiger partial charge in [0, 0.05) is 43.4 Å². The fourth-order valence-corrected chi connectivity index (χ4v) is 6.98. The summed E-state index contributed by atoms with van der Waals surface area (Å²) in [6.45, 7) is 7.12. The zero-order chi connectivity index (χ0) is 24.8. The molecule has 2 amide bonds. The number of anilines is 1. The van der Waals surface area contributed by atoms with E-state index in [-0.39, 0.29) is 46.7 Å². The number of methoxy groups -OCH3 is 1. The van der Waals surface area contributed by atoms with Crippen LogP contribution in [0.5, 0.6) is 0 Å². The van der Waals surface area contributed by atoms with E-state index in [0.29, 0.717) is 12.3 Å². The van der Waals surface area contributed by atoms with Crippen LogP contribution in [0.15, 0.2) is 35.9 Å². The molecule has 4 aliphatic rings. The predicted octanol–water partition coefficient (Wildman–Crippen LogP) is 3.97. The summed E-state index contributed by atoms with van der Waals surface area (Å²) in [5.41, 5.74) is 1.90. The molecule has 0 N–H and O–H groups in total. The molecule has 1 aromatic carbocycles. The highest BCUT2D eigenvalue weighted by molar-refractivity contribution is 6.22. The van der Waals surface area contributed by atoms with Crippen molar-refractivity contribution in [2.24, 2.45) is 16.7 Å². The quantitative estimate of drug-likeness (QED) is 0.348. The van der Waals surface area contributed by atoms with Crippen molar-refractivity contribution in [3.8, 4) is 0 Å². The van der Waals surface area contributed by atoms with Crippen LogP contribution in [0.1, 0.15) is 62.7 Å². The topological polar surface area (TPSA) is 76.2 Å². The normalized spacial score (nSPS) is 32.9. The molecule has 2 bridgehead atoms. The summed E-state index contributed by atoms with van der Waals surface area (Å²) in [6.07, 6.45) is 7.98. The van der Waals surface area contributed by atoms with Gasteiger partial charge in [0.1, 0.15) is 6.61 Å². The highest BCUT2D eigenvalue weighted by atomic mass is 16.5. The Balaban J connectivity index is 1.43. The molecule has 1 saturated carbocycles. The highest BCUT2D eigenvalue weighted by Crippen LogP contribution is 2.59. The molecule has 5 rings (SSSR count). The van der Waals surface area contributed by atoms with Gasteiger partial charge in [0.15, 0.2) is 0 Å². The summed E-state index contributed by atoms with van der Waals surface area (Å²) in [5, 5.41) is 0. The molecular weight excluding hydrogens is 444 g/mol. The summed E-state index contributed by atoms with van der Waals surface area (Å²) >= 11 is 0. The molecule has 3 fully saturated rings. The Morgan fingerprint density at radius 2 is 1.94 bits per heavy atom. The van der Waals surface area contributed by atoms with E-state index in [1.54, 1.807) is 38.3 Å². The van der Waals surface area contributed by atoms with E-state index in [1.165, 1.54) is 12.0 Å². The first-order chi connectivity index (χ1) is 16.8. The number of hydrogen-bond donors (Lipinski definition) is 0. The van der Waals surface area contributed by atoms with E-state index in [1.807, 2.05) is 0 Å². The summed E-state index contributed by atoms with van der Waals surface area (Å²) in [6, 6.07) is 6.78. The number of carbonyl (C=O) groups excluding carboxylic acids is 3. The maximum Gasteiger partial charge on any atom is 0.340 e. The molecule has 2 aliphatic heterocycles. The predicted molar refractivity (Wildman–Crippen MR) is 132 cm³/mol. The number of hydrogen-bond acceptors (Lipinski definition) is 6. The van der Waals surface area contributed by atoms with Gasteiger partial charge in [-0.05, 0) is 44.4 Å². The van der Waals surface area contributed by atoms with Crippen LogP contribution in [-0.2, 0) is 19.1 Å². The van der Waals surface area contributed by atoms with Crippen molar-refractivity contribution in [1.82, 2.24) is 4.90 Å². The minimum absolute atomic E-state index is 0.106. The van der Waals surface area contributed by atoms with Gasteiger partial charge in [0.2, 0.25) is 11.8 Å². The molecule has 4 atom stereocenters. The number of imide groups is 1. The Hall–Kier alpha value is -2.51. The molecule has 1 aromatic rings. The van der Waals surface area contributed by atoms with Gasteiger partial charge in [0.05, 0.1) is 17.4 Å². The van der Waals surface area contributed by atoms with Crippen LogP contribution < -0.4 is 4.90 Å². The Bertz CT molecular complexity index is 1070. The van der Waals surface area contributed by atoms with Gasteiger partial charge >= 0.3 is 5.97 Å². The third-order valence-corrected chi connectivity index (χ3v) is 8.73. The number of amides is 2. The van der Waals surface area contributed by atoms with Crippen molar-refractivity contribution >= 4 is 23.5 Å².